The second kappa shape index (κ2) is 20.8. The first-order valence-electron chi connectivity index (χ1n) is 15.2. The Balaban J connectivity index is 1.32. The maximum atomic E-state index is 12.8. The van der Waals surface area contributed by atoms with Gasteiger partial charge in [-0.05, 0) is 42.4 Å². The zero-order chi connectivity index (χ0) is 30.4. The fourth-order valence-corrected chi connectivity index (χ4v) is 4.46. The molecule has 0 saturated heterocycles. The number of unbranched alkanes of at least 4 members (excludes halogenated alkanes) is 5. The Bertz CT molecular complexity index is 1190. The predicted octanol–water partition coefficient (Wildman–Crippen LogP) is 5.84. The van der Waals surface area contributed by atoms with E-state index in [0.29, 0.717) is 6.61 Å². The molecule has 0 aromatic heterocycles. The quantitative estimate of drug-likeness (QED) is 0.0921. The molecule has 43 heavy (non-hydrogen) atoms. The van der Waals surface area contributed by atoms with Crippen molar-refractivity contribution in [2.75, 3.05) is 13.2 Å². The second-order valence-corrected chi connectivity index (χ2v) is 10.5. The topological polar surface area (TPSA) is 103 Å². The molecule has 0 spiro atoms. The molecule has 0 aliphatic rings. The third kappa shape index (κ3) is 15.2. The molecule has 0 aliphatic heterocycles. The third-order valence-electron chi connectivity index (χ3n) is 6.87. The number of benzene rings is 3. The number of nitrogens with one attached hydrogen (secondary N) is 2. The van der Waals surface area contributed by atoms with Gasteiger partial charge >= 0.3 is 5.97 Å². The summed E-state index contributed by atoms with van der Waals surface area (Å²) in [4.78, 5) is 43.0. The van der Waals surface area contributed by atoms with Crippen LogP contribution < -0.4 is 10.8 Å². The van der Waals surface area contributed by atoms with Gasteiger partial charge in [0.2, 0.25) is 5.91 Å². The maximum absolute atomic E-state index is 12.8. The lowest BCUT2D eigenvalue weighted by molar-refractivity contribution is -0.146. The minimum atomic E-state index is -0.980. The summed E-state index contributed by atoms with van der Waals surface area (Å²) in [6, 6.07) is 28.3. The van der Waals surface area contributed by atoms with Crippen LogP contribution in [0, 0.1) is 0 Å². The first-order valence-corrected chi connectivity index (χ1v) is 15.2. The number of carbonyl (C=O) groups excluding carboxylic acids is 3. The molecule has 1 atom stereocenters. The second-order valence-electron chi connectivity index (χ2n) is 10.5. The van der Waals surface area contributed by atoms with Crippen molar-refractivity contribution in [1.29, 1.82) is 0 Å². The van der Waals surface area contributed by atoms with Crippen molar-refractivity contribution < 1.29 is 28.7 Å². The number of carbonyl (C=O) groups is 3. The zero-order valence-electron chi connectivity index (χ0n) is 24.9. The van der Waals surface area contributed by atoms with Crippen LogP contribution in [0.4, 0.5) is 0 Å². The summed E-state index contributed by atoms with van der Waals surface area (Å²) in [5.41, 5.74) is 5.52. The number of aryl methyl sites for hydroxylation is 1. The highest BCUT2D eigenvalue weighted by molar-refractivity contribution is 5.87. The predicted molar refractivity (Wildman–Crippen MR) is 165 cm³/mol. The van der Waals surface area contributed by atoms with Crippen molar-refractivity contribution in [3.8, 4) is 0 Å². The van der Waals surface area contributed by atoms with Gasteiger partial charge in [0.05, 0.1) is 6.61 Å². The van der Waals surface area contributed by atoms with E-state index in [1.54, 1.807) is 0 Å². The summed E-state index contributed by atoms with van der Waals surface area (Å²) in [6.45, 7) is 0.623. The molecule has 0 heterocycles. The van der Waals surface area contributed by atoms with Crippen LogP contribution in [0.2, 0.25) is 0 Å². The fourth-order valence-electron chi connectivity index (χ4n) is 4.46. The van der Waals surface area contributed by atoms with Gasteiger partial charge in [-0.2, -0.15) is 0 Å². The summed E-state index contributed by atoms with van der Waals surface area (Å²) in [5.74, 6) is -1.44. The SMILES string of the molecule is O=C(COCCCCCCCCc1ccccc1)N[C@H](CCC(=O)OCc1ccccc1)C(=O)NOCc1ccccc1. The van der Waals surface area contributed by atoms with Gasteiger partial charge in [-0.25, -0.2) is 5.48 Å². The normalized spacial score (nSPS) is 11.4. The van der Waals surface area contributed by atoms with Crippen LogP contribution in [0.3, 0.4) is 0 Å². The Labute approximate surface area is 255 Å². The van der Waals surface area contributed by atoms with E-state index in [-0.39, 0.29) is 32.7 Å². The fraction of sp³-hybridized carbons (Fsp3) is 0.400. The molecule has 0 radical (unpaired) electrons. The molecule has 0 aliphatic carbocycles. The summed E-state index contributed by atoms with van der Waals surface area (Å²) >= 11 is 0. The number of rotatable bonds is 21. The molecule has 3 rings (SSSR count). The van der Waals surface area contributed by atoms with Crippen LogP contribution in [0.5, 0.6) is 0 Å². The number of ether oxygens (including phenoxy) is 2. The Kier molecular flexibility index (Phi) is 16.2. The number of hydroxylamine groups is 1. The van der Waals surface area contributed by atoms with Crippen LogP contribution in [0.15, 0.2) is 91.0 Å². The first-order chi connectivity index (χ1) is 21.1. The Morgan fingerprint density at radius 1 is 0.651 bits per heavy atom. The van der Waals surface area contributed by atoms with E-state index in [9.17, 15) is 14.4 Å². The van der Waals surface area contributed by atoms with Crippen LogP contribution in [0.1, 0.15) is 68.1 Å². The third-order valence-corrected chi connectivity index (χ3v) is 6.87. The van der Waals surface area contributed by atoms with Crippen LogP contribution in [-0.2, 0) is 48.3 Å². The van der Waals surface area contributed by atoms with Gasteiger partial charge in [-0.3, -0.25) is 19.2 Å². The molecule has 3 aromatic rings. The van der Waals surface area contributed by atoms with Gasteiger partial charge in [-0.1, -0.05) is 117 Å². The van der Waals surface area contributed by atoms with Crippen molar-refractivity contribution in [1.82, 2.24) is 10.8 Å². The average molecular weight is 589 g/mol. The smallest absolute Gasteiger partial charge is 0.306 e. The standard InChI is InChI=1S/C35H44N2O6/c38-33(28-41-25-15-4-2-1-3-8-16-29-17-9-5-10-18-29)36-32(35(40)37-43-27-31-21-13-7-14-22-31)23-24-34(39)42-26-30-19-11-6-12-20-30/h5-7,9-14,17-22,32H,1-4,8,15-16,23-28H2,(H,36,38)(H,37,40)/t32-/m1/s1. The minimum Gasteiger partial charge on any atom is -0.461 e. The van der Waals surface area contributed by atoms with Gasteiger partial charge in [0, 0.05) is 13.0 Å². The number of hydrogen-bond acceptors (Lipinski definition) is 6. The molecule has 0 fully saturated rings. The van der Waals surface area contributed by atoms with Gasteiger partial charge in [0.15, 0.2) is 0 Å². The summed E-state index contributed by atoms with van der Waals surface area (Å²) in [7, 11) is 0. The van der Waals surface area contributed by atoms with Gasteiger partial charge < -0.3 is 14.8 Å². The van der Waals surface area contributed by atoms with Gasteiger partial charge in [-0.15, -0.1) is 0 Å². The molecule has 0 bridgehead atoms. The Hall–Kier alpha value is -4.01. The van der Waals surface area contributed by atoms with Gasteiger partial charge in [0.1, 0.15) is 19.3 Å². The lowest BCUT2D eigenvalue weighted by Gasteiger charge is -2.18. The summed E-state index contributed by atoms with van der Waals surface area (Å²) < 4.78 is 10.9. The molecule has 0 unspecified atom stereocenters. The largest absolute Gasteiger partial charge is 0.461 e. The van der Waals surface area contributed by atoms with Crippen LogP contribution >= 0.6 is 0 Å². The van der Waals surface area contributed by atoms with Crippen molar-refractivity contribution in [2.45, 2.75) is 77.0 Å². The minimum absolute atomic E-state index is 0.0455. The molecule has 8 heteroatoms. The monoisotopic (exact) mass is 588 g/mol. The molecule has 230 valence electrons. The number of hydrogen-bond donors (Lipinski definition) is 2. The number of amides is 2. The highest BCUT2D eigenvalue weighted by atomic mass is 16.7. The van der Waals surface area contributed by atoms with E-state index in [0.717, 1.165) is 36.8 Å². The molecule has 0 saturated carbocycles. The van der Waals surface area contributed by atoms with Gasteiger partial charge in [0.25, 0.3) is 5.91 Å². The Morgan fingerprint density at radius 3 is 1.86 bits per heavy atom. The van der Waals surface area contributed by atoms with E-state index in [1.807, 2.05) is 66.7 Å². The van der Waals surface area contributed by atoms with Crippen molar-refractivity contribution in [3.63, 3.8) is 0 Å². The average Bonchev–Trinajstić information content (AvgIpc) is 3.04. The summed E-state index contributed by atoms with van der Waals surface area (Å²) in [6.07, 6.45) is 7.76. The van der Waals surface area contributed by atoms with Crippen LogP contribution in [-0.4, -0.2) is 37.0 Å². The molecule has 2 N–H and O–H groups in total. The highest BCUT2D eigenvalue weighted by Gasteiger charge is 2.22. The molecular formula is C35H44N2O6. The van der Waals surface area contributed by atoms with Crippen molar-refractivity contribution >= 4 is 17.8 Å². The van der Waals surface area contributed by atoms with E-state index in [4.69, 9.17) is 14.3 Å². The lowest BCUT2D eigenvalue weighted by Crippen LogP contribution is -2.48. The molecule has 8 nitrogen and oxygen atoms in total. The summed E-state index contributed by atoms with van der Waals surface area (Å²) in [5, 5.41) is 2.67. The molecule has 2 amide bonds. The Morgan fingerprint density at radius 2 is 1.21 bits per heavy atom. The van der Waals surface area contributed by atoms with Crippen molar-refractivity contribution in [3.05, 3.63) is 108 Å². The van der Waals surface area contributed by atoms with E-state index in [1.165, 1.54) is 24.8 Å². The van der Waals surface area contributed by atoms with E-state index < -0.39 is 23.8 Å². The van der Waals surface area contributed by atoms with E-state index >= 15 is 0 Å². The van der Waals surface area contributed by atoms with Crippen molar-refractivity contribution in [2.24, 2.45) is 0 Å². The molecule has 3 aromatic carbocycles. The molecular weight excluding hydrogens is 544 g/mol. The zero-order valence-corrected chi connectivity index (χ0v) is 24.9. The first kappa shape index (κ1) is 33.5. The van der Waals surface area contributed by atoms with Crippen LogP contribution in [0.25, 0.3) is 0 Å². The maximum Gasteiger partial charge on any atom is 0.306 e. The lowest BCUT2D eigenvalue weighted by atomic mass is 10.1. The number of esters is 1. The highest BCUT2D eigenvalue weighted by Crippen LogP contribution is 2.10. The van der Waals surface area contributed by atoms with E-state index in [2.05, 4.69) is 35.1 Å².